The van der Waals surface area contributed by atoms with Crippen molar-refractivity contribution in [1.82, 2.24) is 19.8 Å². The van der Waals surface area contributed by atoms with Gasteiger partial charge in [0.1, 0.15) is 5.82 Å². The van der Waals surface area contributed by atoms with Gasteiger partial charge >= 0.3 is 0 Å². The molecule has 8 nitrogen and oxygen atoms in total. The van der Waals surface area contributed by atoms with Gasteiger partial charge in [-0.15, -0.1) is 0 Å². The van der Waals surface area contributed by atoms with Crippen LogP contribution in [0, 0.1) is 12.8 Å². The summed E-state index contributed by atoms with van der Waals surface area (Å²) >= 11 is 0. The van der Waals surface area contributed by atoms with Gasteiger partial charge in [-0.1, -0.05) is 13.8 Å². The zero-order chi connectivity index (χ0) is 19.1. The van der Waals surface area contributed by atoms with E-state index in [4.69, 9.17) is 0 Å². The van der Waals surface area contributed by atoms with Crippen LogP contribution in [-0.4, -0.2) is 77.3 Å². The molecule has 2 aliphatic heterocycles. The Morgan fingerprint density at radius 3 is 2.65 bits per heavy atom. The minimum Gasteiger partial charge on any atom is -0.336 e. The molecule has 1 aromatic heterocycles. The number of sulfone groups is 1. The Morgan fingerprint density at radius 2 is 2.00 bits per heavy atom. The van der Waals surface area contributed by atoms with Gasteiger partial charge in [-0.25, -0.2) is 13.4 Å². The van der Waals surface area contributed by atoms with E-state index in [0.717, 1.165) is 6.54 Å². The van der Waals surface area contributed by atoms with Gasteiger partial charge < -0.3 is 9.88 Å². The van der Waals surface area contributed by atoms with Crippen LogP contribution in [0.4, 0.5) is 0 Å². The number of hydrogen-bond acceptors (Lipinski definition) is 6. The Kier molecular flexibility index (Phi) is 5.21. The smallest absolute Gasteiger partial charge is 0.254 e. The number of nitrogens with zero attached hydrogens (tertiary/aromatic N) is 3. The standard InChI is InChI=1S/C17H26N4O4S/c1-11(2)8-20-4-5-21(15-10-26(24,25)9-14(15)20)16(22)6-13-7-18-12(3)19-17(13)23/h7,11,14-15H,4-6,8-10H2,1-3H3,(H,18,19,23)/t14-,15+/m1/s1. The molecular formula is C17H26N4O4S. The highest BCUT2D eigenvalue weighted by Gasteiger charge is 2.47. The summed E-state index contributed by atoms with van der Waals surface area (Å²) in [6.45, 7) is 7.84. The number of rotatable bonds is 4. The molecule has 2 fully saturated rings. The summed E-state index contributed by atoms with van der Waals surface area (Å²) < 4.78 is 24.4. The molecule has 0 aromatic carbocycles. The summed E-state index contributed by atoms with van der Waals surface area (Å²) in [7, 11) is -3.17. The van der Waals surface area contributed by atoms with Crippen LogP contribution in [0.15, 0.2) is 11.0 Å². The van der Waals surface area contributed by atoms with Crippen molar-refractivity contribution in [1.29, 1.82) is 0 Å². The zero-order valence-electron chi connectivity index (χ0n) is 15.4. The van der Waals surface area contributed by atoms with Crippen LogP contribution in [0.25, 0.3) is 0 Å². The topological polar surface area (TPSA) is 103 Å². The van der Waals surface area contributed by atoms with Crippen molar-refractivity contribution in [2.24, 2.45) is 5.92 Å². The van der Waals surface area contributed by atoms with Crippen molar-refractivity contribution >= 4 is 15.7 Å². The van der Waals surface area contributed by atoms with E-state index in [-0.39, 0.29) is 41.5 Å². The molecule has 3 rings (SSSR count). The van der Waals surface area contributed by atoms with Crippen LogP contribution in [0.3, 0.4) is 0 Å². The number of hydrogen-bond donors (Lipinski definition) is 1. The van der Waals surface area contributed by atoms with E-state index in [2.05, 4.69) is 28.7 Å². The normalized spacial score (nSPS) is 25.5. The van der Waals surface area contributed by atoms with E-state index < -0.39 is 9.84 Å². The monoisotopic (exact) mass is 382 g/mol. The molecule has 1 amide bonds. The third-order valence-electron chi connectivity index (χ3n) is 5.05. The molecule has 1 aromatic rings. The second-order valence-electron chi connectivity index (χ2n) is 7.69. The first-order valence-corrected chi connectivity index (χ1v) is 10.8. The highest BCUT2D eigenvalue weighted by molar-refractivity contribution is 7.91. The number of nitrogens with one attached hydrogen (secondary N) is 1. The number of amides is 1. The van der Waals surface area contributed by atoms with Crippen molar-refractivity contribution < 1.29 is 13.2 Å². The lowest BCUT2D eigenvalue weighted by atomic mass is 10.0. The minimum absolute atomic E-state index is 0.000503. The number of piperazine rings is 1. The molecule has 2 saturated heterocycles. The Morgan fingerprint density at radius 1 is 1.31 bits per heavy atom. The molecular weight excluding hydrogens is 356 g/mol. The molecule has 1 N–H and O–H groups in total. The van der Waals surface area contributed by atoms with E-state index in [1.165, 1.54) is 6.20 Å². The summed E-state index contributed by atoms with van der Waals surface area (Å²) in [4.78, 5) is 35.3. The van der Waals surface area contributed by atoms with E-state index >= 15 is 0 Å². The Hall–Kier alpha value is -1.74. The molecule has 0 aliphatic carbocycles. The van der Waals surface area contributed by atoms with E-state index in [1.54, 1.807) is 11.8 Å². The van der Waals surface area contributed by atoms with Crippen LogP contribution in [0.1, 0.15) is 25.2 Å². The second-order valence-corrected chi connectivity index (χ2v) is 9.84. The third kappa shape index (κ3) is 3.98. The van der Waals surface area contributed by atoms with Crippen LogP contribution in [-0.2, 0) is 21.1 Å². The van der Waals surface area contributed by atoms with E-state index in [1.807, 2.05) is 0 Å². The summed E-state index contributed by atoms with van der Waals surface area (Å²) in [6.07, 6.45) is 1.36. The lowest BCUT2D eigenvalue weighted by Crippen LogP contribution is -2.61. The van der Waals surface area contributed by atoms with E-state index in [9.17, 15) is 18.0 Å². The number of fused-ring (bicyclic) bond motifs is 1. The Labute approximate surface area is 153 Å². The molecule has 0 saturated carbocycles. The molecule has 0 unspecified atom stereocenters. The largest absolute Gasteiger partial charge is 0.336 e. The first kappa shape index (κ1) is 19.0. The van der Waals surface area contributed by atoms with Gasteiger partial charge in [0.05, 0.1) is 24.0 Å². The van der Waals surface area contributed by atoms with Crippen molar-refractivity contribution in [2.45, 2.75) is 39.3 Å². The molecule has 26 heavy (non-hydrogen) atoms. The maximum Gasteiger partial charge on any atom is 0.254 e. The van der Waals surface area contributed by atoms with Crippen molar-refractivity contribution in [2.75, 3.05) is 31.1 Å². The highest BCUT2D eigenvalue weighted by Crippen LogP contribution is 2.28. The number of carbonyl (C=O) groups is 1. The number of aryl methyl sites for hydroxylation is 1. The van der Waals surface area contributed by atoms with Crippen molar-refractivity contribution in [3.63, 3.8) is 0 Å². The quantitative estimate of drug-likeness (QED) is 0.759. The number of H-pyrrole nitrogens is 1. The molecule has 144 valence electrons. The molecule has 9 heteroatoms. The lowest BCUT2D eigenvalue weighted by Gasteiger charge is -2.44. The van der Waals surface area contributed by atoms with Gasteiger partial charge in [-0.2, -0.15) is 0 Å². The fraction of sp³-hybridized carbons (Fsp3) is 0.706. The average molecular weight is 382 g/mol. The van der Waals surface area contributed by atoms with Crippen LogP contribution in [0.5, 0.6) is 0 Å². The lowest BCUT2D eigenvalue weighted by molar-refractivity contribution is -0.136. The highest BCUT2D eigenvalue weighted by atomic mass is 32.2. The summed E-state index contributed by atoms with van der Waals surface area (Å²) in [5, 5.41) is 0. The fourth-order valence-corrected chi connectivity index (χ4v) is 5.94. The first-order chi connectivity index (χ1) is 12.2. The fourth-order valence-electron chi connectivity index (χ4n) is 3.93. The zero-order valence-corrected chi connectivity index (χ0v) is 16.3. The SMILES string of the molecule is Cc1ncc(CC(=O)N2CCN(CC(C)C)[C@@H]3CS(=O)(=O)C[C@@H]32)c(=O)[nH]1. The molecule has 2 aliphatic rings. The third-order valence-corrected chi connectivity index (χ3v) is 6.75. The van der Waals surface area contributed by atoms with Crippen molar-refractivity contribution in [3.05, 3.63) is 27.9 Å². The number of aromatic nitrogens is 2. The van der Waals surface area contributed by atoms with Gasteiger partial charge in [-0.3, -0.25) is 14.5 Å². The summed E-state index contributed by atoms with van der Waals surface area (Å²) in [5.74, 6) is 0.813. The van der Waals surface area contributed by atoms with E-state index in [0.29, 0.717) is 30.4 Å². The molecule has 3 heterocycles. The average Bonchev–Trinajstić information content (AvgIpc) is 2.85. The first-order valence-electron chi connectivity index (χ1n) is 8.95. The minimum atomic E-state index is -3.17. The van der Waals surface area contributed by atoms with Gasteiger partial charge in [0.2, 0.25) is 5.91 Å². The van der Waals surface area contributed by atoms with Crippen LogP contribution in [0.2, 0.25) is 0 Å². The van der Waals surface area contributed by atoms with Gasteiger partial charge in [0.25, 0.3) is 5.56 Å². The Balaban J connectivity index is 1.79. The van der Waals surface area contributed by atoms with Gasteiger partial charge in [0.15, 0.2) is 9.84 Å². The van der Waals surface area contributed by atoms with Crippen LogP contribution >= 0.6 is 0 Å². The number of carbonyl (C=O) groups excluding carboxylic acids is 1. The molecule has 0 radical (unpaired) electrons. The maximum atomic E-state index is 12.8. The molecule has 2 atom stereocenters. The summed E-state index contributed by atoms with van der Waals surface area (Å²) in [6, 6.07) is -0.494. The predicted octanol–water partition coefficient (Wildman–Crippen LogP) is -0.413. The van der Waals surface area contributed by atoms with Gasteiger partial charge in [0, 0.05) is 37.4 Å². The molecule has 0 bridgehead atoms. The molecule has 0 spiro atoms. The predicted molar refractivity (Wildman–Crippen MR) is 97.7 cm³/mol. The number of aromatic amines is 1. The Bertz CT molecular complexity index is 849. The van der Waals surface area contributed by atoms with Crippen molar-refractivity contribution in [3.8, 4) is 0 Å². The maximum absolute atomic E-state index is 12.8. The van der Waals surface area contributed by atoms with Gasteiger partial charge in [-0.05, 0) is 12.8 Å². The summed E-state index contributed by atoms with van der Waals surface area (Å²) in [5.41, 5.74) is -0.0116. The van der Waals surface area contributed by atoms with Crippen LogP contribution < -0.4 is 5.56 Å². The second kappa shape index (κ2) is 7.11.